The molecule has 6 atom stereocenters. The number of ether oxygens (including phenoxy) is 4. The van der Waals surface area contributed by atoms with E-state index in [1.165, 1.54) is 103 Å². The normalized spacial score (nSPS) is 20.3. The molecular weight excluding hydrogens is 688 g/mol. The second kappa shape index (κ2) is 35.6. The first-order chi connectivity index (χ1) is 26.3. The van der Waals surface area contributed by atoms with Gasteiger partial charge in [-0.25, -0.2) is 0 Å². The monoisotopic (exact) mass is 769 g/mol. The van der Waals surface area contributed by atoms with Gasteiger partial charge in [0.25, 0.3) is 0 Å². The smallest absolute Gasteiger partial charge is 0.306 e. The van der Waals surface area contributed by atoms with Gasteiger partial charge in [-0.2, -0.15) is 0 Å². The number of hydrogen-bond acceptors (Lipinski definition) is 10. The molecule has 1 aliphatic rings. The largest absolute Gasteiger partial charge is 0.462 e. The second-order valence-corrected chi connectivity index (χ2v) is 15.3. The summed E-state index contributed by atoms with van der Waals surface area (Å²) in [5.41, 5.74) is 3.29. The Labute approximate surface area is 328 Å². The SMILES string of the molecule is CCCCCCCC=C=CCCCCCCCC(=O)O[C@@H](COC(=O)CCCCCCCCCCCCCCCC)CO[C@H]1O[C@@H](CO)[C@@H](O)C(O)C1O. The maximum Gasteiger partial charge on any atom is 0.306 e. The molecule has 0 spiro atoms. The quantitative estimate of drug-likeness (QED) is 0.0276. The summed E-state index contributed by atoms with van der Waals surface area (Å²) in [5, 5.41) is 40.0. The second-order valence-electron chi connectivity index (χ2n) is 15.3. The number of aliphatic hydroxyl groups excluding tert-OH is 4. The van der Waals surface area contributed by atoms with Crippen molar-refractivity contribution in [2.75, 3.05) is 19.8 Å². The van der Waals surface area contributed by atoms with Crippen LogP contribution in [0.2, 0.25) is 0 Å². The standard InChI is InChI=1S/C44H80O10/c1-3-5-7-9-11-13-15-17-19-21-23-25-27-29-31-33-40(47)53-37(36-52-44-43(50)42(49)41(48)38(34-45)54-44)35-51-39(46)32-30-28-26-24-22-20-18-16-14-12-10-8-6-4-2/h15,19,37-38,41-45,48-50H,3-14,16,18,20-36H2,1-2H3/t17?,37-,38-,41+,42?,43?,44-/m0/s1. The molecule has 54 heavy (non-hydrogen) atoms. The van der Waals surface area contributed by atoms with Crippen molar-refractivity contribution < 1.29 is 49.0 Å². The van der Waals surface area contributed by atoms with Crippen molar-refractivity contribution in [3.63, 3.8) is 0 Å². The summed E-state index contributed by atoms with van der Waals surface area (Å²) < 4.78 is 22.1. The van der Waals surface area contributed by atoms with Crippen LogP contribution >= 0.6 is 0 Å². The molecule has 1 saturated heterocycles. The van der Waals surface area contributed by atoms with Gasteiger partial charge in [0, 0.05) is 12.8 Å². The fraction of sp³-hybridized carbons (Fsp3) is 0.886. The van der Waals surface area contributed by atoms with E-state index in [4.69, 9.17) is 18.9 Å². The van der Waals surface area contributed by atoms with E-state index in [0.29, 0.717) is 6.42 Å². The van der Waals surface area contributed by atoms with E-state index in [1.807, 2.05) is 0 Å². The molecule has 0 saturated carbocycles. The third-order valence-electron chi connectivity index (χ3n) is 10.2. The molecule has 316 valence electrons. The van der Waals surface area contributed by atoms with Gasteiger partial charge in [-0.05, 0) is 50.7 Å². The summed E-state index contributed by atoms with van der Waals surface area (Å²) in [4.78, 5) is 25.3. The summed E-state index contributed by atoms with van der Waals surface area (Å²) in [7, 11) is 0. The van der Waals surface area contributed by atoms with Gasteiger partial charge in [-0.3, -0.25) is 9.59 Å². The molecule has 4 N–H and O–H groups in total. The van der Waals surface area contributed by atoms with Crippen LogP contribution in [0.4, 0.5) is 0 Å². The first kappa shape index (κ1) is 50.2. The van der Waals surface area contributed by atoms with Crippen molar-refractivity contribution in [2.45, 2.75) is 230 Å². The molecule has 2 unspecified atom stereocenters. The van der Waals surface area contributed by atoms with Crippen molar-refractivity contribution in [2.24, 2.45) is 0 Å². The first-order valence-electron chi connectivity index (χ1n) is 22.0. The van der Waals surface area contributed by atoms with Crippen molar-refractivity contribution in [3.8, 4) is 0 Å². The molecule has 0 aromatic rings. The number of aliphatic hydroxyl groups is 4. The van der Waals surface area contributed by atoms with Crippen LogP contribution in [0.15, 0.2) is 17.9 Å². The van der Waals surface area contributed by atoms with Crippen LogP contribution in [0.1, 0.15) is 194 Å². The molecule has 10 nitrogen and oxygen atoms in total. The van der Waals surface area contributed by atoms with E-state index in [2.05, 4.69) is 31.7 Å². The Bertz CT molecular complexity index is 950. The van der Waals surface area contributed by atoms with Gasteiger partial charge in [0.05, 0.1) is 13.2 Å². The zero-order valence-corrected chi connectivity index (χ0v) is 34.3. The highest BCUT2D eigenvalue weighted by Crippen LogP contribution is 2.22. The van der Waals surface area contributed by atoms with Gasteiger partial charge < -0.3 is 39.4 Å². The minimum atomic E-state index is -1.59. The van der Waals surface area contributed by atoms with E-state index < -0.39 is 49.4 Å². The molecule has 0 bridgehead atoms. The van der Waals surface area contributed by atoms with Crippen LogP contribution in [0.3, 0.4) is 0 Å². The Kier molecular flexibility index (Phi) is 33.1. The third-order valence-corrected chi connectivity index (χ3v) is 10.2. The van der Waals surface area contributed by atoms with E-state index in [-0.39, 0.29) is 32.0 Å². The molecule has 0 aromatic carbocycles. The number of carbonyl (C=O) groups is 2. The zero-order chi connectivity index (χ0) is 39.5. The van der Waals surface area contributed by atoms with E-state index in [9.17, 15) is 30.0 Å². The van der Waals surface area contributed by atoms with Crippen molar-refractivity contribution in [3.05, 3.63) is 17.9 Å². The molecular formula is C44H80O10. The highest BCUT2D eigenvalue weighted by atomic mass is 16.7. The summed E-state index contributed by atoms with van der Waals surface area (Å²) in [6.07, 6.45) is 27.1. The molecule has 1 rings (SSSR count). The van der Waals surface area contributed by atoms with E-state index >= 15 is 0 Å². The highest BCUT2D eigenvalue weighted by molar-refractivity contribution is 5.70. The predicted octanol–water partition coefficient (Wildman–Crippen LogP) is 8.93. The molecule has 0 aromatic heterocycles. The lowest BCUT2D eigenvalue weighted by atomic mass is 9.99. The van der Waals surface area contributed by atoms with Gasteiger partial charge in [0.15, 0.2) is 12.4 Å². The number of carbonyl (C=O) groups excluding carboxylic acids is 2. The van der Waals surface area contributed by atoms with Crippen LogP contribution in [0, 0.1) is 0 Å². The van der Waals surface area contributed by atoms with E-state index in [1.54, 1.807) is 0 Å². The molecule has 1 heterocycles. The minimum absolute atomic E-state index is 0.213. The van der Waals surface area contributed by atoms with Crippen molar-refractivity contribution >= 4 is 11.9 Å². The number of allylic oxidation sites excluding steroid dienone is 1. The Morgan fingerprint density at radius 3 is 1.52 bits per heavy atom. The maximum atomic E-state index is 12.7. The van der Waals surface area contributed by atoms with Gasteiger partial charge in [-0.1, -0.05) is 142 Å². The lowest BCUT2D eigenvalue weighted by molar-refractivity contribution is -0.305. The van der Waals surface area contributed by atoms with Gasteiger partial charge in [-0.15, -0.1) is 5.73 Å². The van der Waals surface area contributed by atoms with Gasteiger partial charge >= 0.3 is 11.9 Å². The molecule has 10 heteroatoms. The predicted molar refractivity (Wildman–Crippen MR) is 214 cm³/mol. The average molecular weight is 769 g/mol. The summed E-state index contributed by atoms with van der Waals surface area (Å²) >= 11 is 0. The van der Waals surface area contributed by atoms with Crippen molar-refractivity contribution in [1.29, 1.82) is 0 Å². The molecule has 0 amide bonds. The van der Waals surface area contributed by atoms with Crippen LogP contribution in [-0.4, -0.2) is 89.0 Å². The fourth-order valence-electron chi connectivity index (χ4n) is 6.64. The number of esters is 2. The lowest BCUT2D eigenvalue weighted by Gasteiger charge is -2.39. The van der Waals surface area contributed by atoms with Crippen LogP contribution < -0.4 is 0 Å². The Hall–Kier alpha value is -1.78. The molecule has 0 radical (unpaired) electrons. The summed E-state index contributed by atoms with van der Waals surface area (Å²) in [6.45, 7) is 3.39. The first-order valence-corrected chi connectivity index (χ1v) is 22.0. The molecule has 1 fully saturated rings. The number of unbranched alkanes of at least 4 members (excludes halogenated alkanes) is 23. The Morgan fingerprint density at radius 2 is 1.04 bits per heavy atom. The summed E-state index contributed by atoms with van der Waals surface area (Å²) in [5.74, 6) is -0.821. The topological polar surface area (TPSA) is 152 Å². The summed E-state index contributed by atoms with van der Waals surface area (Å²) in [6, 6.07) is 0. The average Bonchev–Trinajstić information content (AvgIpc) is 3.17. The minimum Gasteiger partial charge on any atom is -0.462 e. The molecule has 0 aliphatic carbocycles. The van der Waals surface area contributed by atoms with Crippen LogP contribution in [-0.2, 0) is 28.5 Å². The molecule has 1 aliphatic heterocycles. The van der Waals surface area contributed by atoms with Crippen LogP contribution in [0.5, 0.6) is 0 Å². The maximum absolute atomic E-state index is 12.7. The van der Waals surface area contributed by atoms with Gasteiger partial charge in [0.1, 0.15) is 31.0 Å². The fourth-order valence-corrected chi connectivity index (χ4v) is 6.64. The number of hydrogen-bond donors (Lipinski definition) is 4. The zero-order valence-electron chi connectivity index (χ0n) is 34.3. The van der Waals surface area contributed by atoms with Gasteiger partial charge in [0.2, 0.25) is 0 Å². The van der Waals surface area contributed by atoms with Crippen molar-refractivity contribution in [1.82, 2.24) is 0 Å². The number of rotatable bonds is 36. The lowest BCUT2D eigenvalue weighted by Crippen LogP contribution is -2.59. The third kappa shape index (κ3) is 26.9. The van der Waals surface area contributed by atoms with E-state index in [0.717, 1.165) is 57.8 Å². The highest BCUT2D eigenvalue weighted by Gasteiger charge is 2.44. The van der Waals surface area contributed by atoms with Crippen LogP contribution in [0.25, 0.3) is 0 Å². The Morgan fingerprint density at radius 1 is 0.593 bits per heavy atom. The Balaban J connectivity index is 2.36.